The van der Waals surface area contributed by atoms with Gasteiger partial charge in [-0.25, -0.2) is 4.79 Å². The molecule has 2 heterocycles. The van der Waals surface area contributed by atoms with Gasteiger partial charge in [0.15, 0.2) is 0 Å². The van der Waals surface area contributed by atoms with Crippen molar-refractivity contribution in [2.24, 2.45) is 0 Å². The lowest BCUT2D eigenvalue weighted by molar-refractivity contribution is 0.0242. The van der Waals surface area contributed by atoms with Gasteiger partial charge in [0, 0.05) is 19.9 Å². The second kappa shape index (κ2) is 7.41. The standard InChI is InChI=1S/C14H20N2O3.C2H6/c1-14(2,3)19-13(17)16-7-10-5-12(9-18-4)15-6-11(10)8-16;1-2/h5-6H,7-9H2,1-4H3;1-2H3. The number of rotatable bonds is 2. The van der Waals surface area contributed by atoms with Crippen LogP contribution in [0.25, 0.3) is 0 Å². The first kappa shape index (κ1) is 17.4. The van der Waals surface area contributed by atoms with E-state index in [1.165, 1.54) is 0 Å². The third-order valence-corrected chi connectivity index (χ3v) is 2.81. The van der Waals surface area contributed by atoms with Gasteiger partial charge in [-0.05, 0) is 38.0 Å². The van der Waals surface area contributed by atoms with Crippen molar-refractivity contribution in [3.05, 3.63) is 29.1 Å². The normalized spacial score (nSPS) is 13.3. The van der Waals surface area contributed by atoms with E-state index in [-0.39, 0.29) is 6.09 Å². The van der Waals surface area contributed by atoms with Crippen molar-refractivity contribution in [1.82, 2.24) is 9.88 Å². The Morgan fingerprint density at radius 3 is 2.48 bits per heavy atom. The van der Waals surface area contributed by atoms with E-state index in [0.717, 1.165) is 16.8 Å². The number of fused-ring (bicyclic) bond motifs is 1. The number of nitrogens with zero attached hydrogens (tertiary/aromatic N) is 2. The lowest BCUT2D eigenvalue weighted by Crippen LogP contribution is -2.33. The van der Waals surface area contributed by atoms with Crippen molar-refractivity contribution < 1.29 is 14.3 Å². The van der Waals surface area contributed by atoms with Crippen LogP contribution in [0.2, 0.25) is 0 Å². The number of carbonyl (C=O) groups is 1. The molecule has 0 unspecified atom stereocenters. The fourth-order valence-electron chi connectivity index (χ4n) is 2.01. The number of methoxy groups -OCH3 is 1. The molecule has 1 aromatic rings. The number of amides is 1. The van der Waals surface area contributed by atoms with Gasteiger partial charge >= 0.3 is 6.09 Å². The number of pyridine rings is 1. The first-order chi connectivity index (χ1) is 9.89. The zero-order chi connectivity index (χ0) is 16.0. The Labute approximate surface area is 127 Å². The molecule has 0 N–H and O–H groups in total. The van der Waals surface area contributed by atoms with Crippen LogP contribution in [0.3, 0.4) is 0 Å². The van der Waals surface area contributed by atoms with Gasteiger partial charge in [-0.2, -0.15) is 0 Å². The molecule has 0 spiro atoms. The summed E-state index contributed by atoms with van der Waals surface area (Å²) in [6.45, 7) is 11.2. The molecule has 0 saturated carbocycles. The van der Waals surface area contributed by atoms with E-state index in [2.05, 4.69) is 4.98 Å². The SMILES string of the molecule is CC.COCc1cc2c(cn1)CN(C(=O)OC(C)(C)C)C2. The topological polar surface area (TPSA) is 51.7 Å². The summed E-state index contributed by atoms with van der Waals surface area (Å²) in [6, 6.07) is 1.99. The van der Waals surface area contributed by atoms with Crippen LogP contribution >= 0.6 is 0 Å². The van der Waals surface area contributed by atoms with Crippen molar-refractivity contribution in [3.63, 3.8) is 0 Å². The lowest BCUT2D eigenvalue weighted by Gasteiger charge is -2.24. The van der Waals surface area contributed by atoms with Gasteiger partial charge in [0.25, 0.3) is 0 Å². The van der Waals surface area contributed by atoms with E-state index in [4.69, 9.17) is 9.47 Å². The molecular formula is C16H26N2O3. The van der Waals surface area contributed by atoms with Crippen LogP contribution in [0.1, 0.15) is 51.4 Å². The van der Waals surface area contributed by atoms with Crippen LogP contribution < -0.4 is 0 Å². The Morgan fingerprint density at radius 2 is 1.90 bits per heavy atom. The molecule has 118 valence electrons. The van der Waals surface area contributed by atoms with Crippen molar-refractivity contribution in [1.29, 1.82) is 0 Å². The highest BCUT2D eigenvalue weighted by Gasteiger charge is 2.28. The van der Waals surface area contributed by atoms with Gasteiger partial charge in [-0.3, -0.25) is 9.88 Å². The van der Waals surface area contributed by atoms with E-state index < -0.39 is 5.60 Å². The van der Waals surface area contributed by atoms with Crippen LogP contribution in [-0.2, 0) is 29.2 Å². The minimum Gasteiger partial charge on any atom is -0.444 e. The molecule has 0 radical (unpaired) electrons. The average molecular weight is 294 g/mol. The summed E-state index contributed by atoms with van der Waals surface area (Å²) in [5.41, 5.74) is 2.61. The van der Waals surface area contributed by atoms with Gasteiger partial charge in [0.2, 0.25) is 0 Å². The number of hydrogen-bond donors (Lipinski definition) is 0. The van der Waals surface area contributed by atoms with Crippen LogP contribution in [0.5, 0.6) is 0 Å². The predicted molar refractivity (Wildman–Crippen MR) is 81.8 cm³/mol. The minimum absolute atomic E-state index is 0.281. The van der Waals surface area contributed by atoms with E-state index in [9.17, 15) is 4.79 Å². The Bertz CT molecular complexity index is 481. The van der Waals surface area contributed by atoms with Crippen molar-refractivity contribution in [2.45, 2.75) is 59.9 Å². The molecule has 1 amide bonds. The zero-order valence-electron chi connectivity index (χ0n) is 13.9. The maximum Gasteiger partial charge on any atom is 0.410 e. The van der Waals surface area contributed by atoms with Crippen molar-refractivity contribution in [2.75, 3.05) is 7.11 Å². The summed E-state index contributed by atoms with van der Waals surface area (Å²) >= 11 is 0. The molecule has 5 heteroatoms. The van der Waals surface area contributed by atoms with E-state index in [1.54, 1.807) is 12.0 Å². The molecule has 1 aliphatic rings. The number of aromatic nitrogens is 1. The maximum atomic E-state index is 12.0. The van der Waals surface area contributed by atoms with Gasteiger partial charge < -0.3 is 9.47 Å². The second-order valence-corrected chi connectivity index (χ2v) is 5.71. The fourth-order valence-corrected chi connectivity index (χ4v) is 2.01. The molecule has 1 aromatic heterocycles. The highest BCUT2D eigenvalue weighted by molar-refractivity contribution is 5.69. The Morgan fingerprint density at radius 1 is 1.29 bits per heavy atom. The molecule has 0 saturated heterocycles. The van der Waals surface area contributed by atoms with E-state index in [1.807, 2.05) is 46.9 Å². The maximum absolute atomic E-state index is 12.0. The Balaban J connectivity index is 0.00000106. The Kier molecular flexibility index (Phi) is 6.15. The number of carbonyl (C=O) groups excluding carboxylic acids is 1. The van der Waals surface area contributed by atoms with Crippen LogP contribution in [0.4, 0.5) is 4.79 Å². The molecular weight excluding hydrogens is 268 g/mol. The molecule has 0 fully saturated rings. The third kappa shape index (κ3) is 5.01. The highest BCUT2D eigenvalue weighted by Crippen LogP contribution is 2.24. The summed E-state index contributed by atoms with van der Waals surface area (Å²) in [4.78, 5) is 18.0. The van der Waals surface area contributed by atoms with E-state index in [0.29, 0.717) is 19.7 Å². The summed E-state index contributed by atoms with van der Waals surface area (Å²) in [6.07, 6.45) is 1.53. The van der Waals surface area contributed by atoms with Gasteiger partial charge in [0.05, 0.1) is 18.8 Å². The zero-order valence-corrected chi connectivity index (χ0v) is 13.9. The highest BCUT2D eigenvalue weighted by atomic mass is 16.6. The average Bonchev–Trinajstić information content (AvgIpc) is 2.83. The molecule has 5 nitrogen and oxygen atoms in total. The Hall–Kier alpha value is -1.62. The summed E-state index contributed by atoms with van der Waals surface area (Å²) < 4.78 is 10.4. The monoisotopic (exact) mass is 294 g/mol. The van der Waals surface area contributed by atoms with Crippen LogP contribution in [0.15, 0.2) is 12.3 Å². The number of ether oxygens (including phenoxy) is 2. The first-order valence-electron chi connectivity index (χ1n) is 7.32. The molecule has 0 aliphatic carbocycles. The molecule has 1 aliphatic heterocycles. The molecule has 21 heavy (non-hydrogen) atoms. The number of hydrogen-bond acceptors (Lipinski definition) is 4. The molecule has 0 bridgehead atoms. The predicted octanol–water partition coefficient (Wildman–Crippen LogP) is 3.50. The van der Waals surface area contributed by atoms with Gasteiger partial charge in [-0.15, -0.1) is 0 Å². The minimum atomic E-state index is -0.467. The van der Waals surface area contributed by atoms with Crippen LogP contribution in [-0.4, -0.2) is 28.7 Å². The van der Waals surface area contributed by atoms with Crippen LogP contribution in [0, 0.1) is 0 Å². The first-order valence-corrected chi connectivity index (χ1v) is 7.32. The summed E-state index contributed by atoms with van der Waals surface area (Å²) in [7, 11) is 1.64. The summed E-state index contributed by atoms with van der Waals surface area (Å²) in [5.74, 6) is 0. The van der Waals surface area contributed by atoms with Crippen molar-refractivity contribution >= 4 is 6.09 Å². The van der Waals surface area contributed by atoms with E-state index >= 15 is 0 Å². The molecule has 0 aromatic carbocycles. The van der Waals surface area contributed by atoms with Crippen molar-refractivity contribution in [3.8, 4) is 0 Å². The largest absolute Gasteiger partial charge is 0.444 e. The van der Waals surface area contributed by atoms with Gasteiger partial charge in [0.1, 0.15) is 5.60 Å². The van der Waals surface area contributed by atoms with Gasteiger partial charge in [-0.1, -0.05) is 13.8 Å². The molecule has 0 atom stereocenters. The smallest absolute Gasteiger partial charge is 0.410 e. The second-order valence-electron chi connectivity index (χ2n) is 5.71. The quantitative estimate of drug-likeness (QED) is 0.837. The third-order valence-electron chi connectivity index (χ3n) is 2.81. The molecule has 2 rings (SSSR count). The lowest BCUT2D eigenvalue weighted by atomic mass is 10.1. The summed E-state index contributed by atoms with van der Waals surface area (Å²) in [5, 5.41) is 0. The fraction of sp³-hybridized carbons (Fsp3) is 0.625.